The molecule has 3 aliphatic rings. The van der Waals surface area contributed by atoms with Gasteiger partial charge in [0.15, 0.2) is 14.1 Å². The highest BCUT2D eigenvalue weighted by Crippen LogP contribution is 2.59. The molecule has 0 bridgehead atoms. The zero-order chi connectivity index (χ0) is 19.7. The van der Waals surface area contributed by atoms with Gasteiger partial charge in [-0.25, -0.2) is 0 Å². The number of rotatable bonds is 8. The van der Waals surface area contributed by atoms with E-state index in [1.54, 1.807) is 0 Å². The molecule has 1 unspecified atom stereocenters. The van der Waals surface area contributed by atoms with Crippen LogP contribution in [0.4, 0.5) is 0 Å². The van der Waals surface area contributed by atoms with Crippen molar-refractivity contribution in [2.45, 2.75) is 95.9 Å². The first kappa shape index (κ1) is 21.5. The molecule has 4 nitrogen and oxygen atoms in total. The highest BCUT2D eigenvalue weighted by Gasteiger charge is 2.63. The number of unbranched alkanes of at least 4 members (excludes halogenated alkanes) is 2. The van der Waals surface area contributed by atoms with Gasteiger partial charge in [0.1, 0.15) is 0 Å². The average Bonchev–Trinajstić information content (AvgIpc) is 2.85. The Hall–Kier alpha value is -0.203. The van der Waals surface area contributed by atoms with Gasteiger partial charge in [-0.05, 0) is 51.7 Å². The molecule has 5 atom stereocenters. The number of aliphatic hydroxyl groups is 1. The van der Waals surface area contributed by atoms with Crippen LogP contribution < -0.4 is 0 Å². The Kier molecular flexibility index (Phi) is 6.59. The molecule has 0 aromatic heterocycles. The highest BCUT2D eigenvalue weighted by molar-refractivity contribution is 6.69. The van der Waals surface area contributed by atoms with Crippen molar-refractivity contribution in [2.24, 2.45) is 17.8 Å². The van der Waals surface area contributed by atoms with Crippen LogP contribution in [-0.4, -0.2) is 44.1 Å². The number of aliphatic hydroxyl groups excluding tert-OH is 1. The first-order valence-electron chi connectivity index (χ1n) is 11.0. The lowest BCUT2D eigenvalue weighted by molar-refractivity contribution is -0.349. The zero-order valence-electron chi connectivity index (χ0n) is 18.0. The van der Waals surface area contributed by atoms with Crippen molar-refractivity contribution >= 4 is 8.32 Å². The van der Waals surface area contributed by atoms with Gasteiger partial charge in [-0.2, -0.15) is 0 Å². The van der Waals surface area contributed by atoms with Crippen molar-refractivity contribution in [3.63, 3.8) is 0 Å². The van der Waals surface area contributed by atoms with Crippen molar-refractivity contribution in [1.82, 2.24) is 0 Å². The van der Waals surface area contributed by atoms with Crippen molar-refractivity contribution in [3.05, 3.63) is 12.2 Å². The molecule has 1 saturated heterocycles. The van der Waals surface area contributed by atoms with Gasteiger partial charge in [0, 0.05) is 18.3 Å². The molecule has 0 aromatic rings. The van der Waals surface area contributed by atoms with E-state index in [0.717, 1.165) is 38.9 Å². The van der Waals surface area contributed by atoms with Gasteiger partial charge >= 0.3 is 0 Å². The lowest BCUT2D eigenvalue weighted by Crippen LogP contribution is -2.58. The SMILES string of the molecule is CCCCCC(C)(/C=C/[C@H]1[C@@H]2CC3(OCCCO3)[C@@H]2C[C@@H]1O)O[Si](C)(C)C. The molecular weight excluding hydrogens is 356 g/mol. The number of hydrogen-bond donors (Lipinski definition) is 1. The fraction of sp³-hybridized carbons (Fsp3) is 0.909. The summed E-state index contributed by atoms with van der Waals surface area (Å²) in [6.07, 6.45) is 11.6. The standard InChI is InChI=1S/C22H40O4Si/c1-6-7-8-11-21(2,26-27(3,4)5)12-10-17-18-16-22(19(18)15-20(17)23)24-13-9-14-25-22/h10,12,17-20,23H,6-9,11,13-16H2,1-5H3/b12-10+/t17-,18-,19+,20-,21?/m0/s1. The molecule has 2 saturated carbocycles. The summed E-state index contributed by atoms with van der Waals surface area (Å²) in [6, 6.07) is 0. The van der Waals surface area contributed by atoms with Crippen molar-refractivity contribution < 1.29 is 19.0 Å². The van der Waals surface area contributed by atoms with Crippen molar-refractivity contribution in [3.8, 4) is 0 Å². The maximum atomic E-state index is 10.7. The predicted octanol–water partition coefficient (Wildman–Crippen LogP) is 4.88. The lowest BCUT2D eigenvalue weighted by atomic mass is 9.66. The van der Waals surface area contributed by atoms with E-state index in [0.29, 0.717) is 11.8 Å². The number of fused-ring (bicyclic) bond motifs is 2. The van der Waals surface area contributed by atoms with Gasteiger partial charge in [-0.1, -0.05) is 38.3 Å². The monoisotopic (exact) mass is 396 g/mol. The third kappa shape index (κ3) is 4.87. The van der Waals surface area contributed by atoms with Crippen LogP contribution in [0.3, 0.4) is 0 Å². The normalized spacial score (nSPS) is 35.2. The van der Waals surface area contributed by atoms with E-state index < -0.39 is 14.1 Å². The van der Waals surface area contributed by atoms with E-state index in [2.05, 4.69) is 45.6 Å². The Balaban J connectivity index is 1.67. The lowest BCUT2D eigenvalue weighted by Gasteiger charge is -2.53. The molecule has 156 valence electrons. The second-order valence-corrected chi connectivity index (χ2v) is 14.5. The molecule has 0 aromatic carbocycles. The molecule has 27 heavy (non-hydrogen) atoms. The van der Waals surface area contributed by atoms with E-state index in [4.69, 9.17) is 13.9 Å². The summed E-state index contributed by atoms with van der Waals surface area (Å²) in [7, 11) is -1.65. The van der Waals surface area contributed by atoms with Gasteiger partial charge in [0.05, 0.1) is 24.9 Å². The topological polar surface area (TPSA) is 47.9 Å². The van der Waals surface area contributed by atoms with E-state index in [1.807, 2.05) is 0 Å². The Morgan fingerprint density at radius 3 is 2.56 bits per heavy atom. The van der Waals surface area contributed by atoms with Crippen LogP contribution in [0.25, 0.3) is 0 Å². The molecule has 3 rings (SSSR count). The second-order valence-electron chi connectivity index (χ2n) is 10.1. The maximum absolute atomic E-state index is 10.7. The minimum absolute atomic E-state index is 0.200. The van der Waals surface area contributed by atoms with E-state index in [9.17, 15) is 5.11 Å². The highest BCUT2D eigenvalue weighted by atomic mass is 28.4. The van der Waals surface area contributed by atoms with Gasteiger partial charge in [0.2, 0.25) is 0 Å². The molecule has 2 aliphatic carbocycles. The fourth-order valence-electron chi connectivity index (χ4n) is 5.35. The Morgan fingerprint density at radius 2 is 1.93 bits per heavy atom. The molecule has 1 N–H and O–H groups in total. The van der Waals surface area contributed by atoms with Gasteiger partial charge < -0.3 is 19.0 Å². The van der Waals surface area contributed by atoms with E-state index in [1.165, 1.54) is 19.3 Å². The Bertz CT molecular complexity index is 523. The Labute approximate surface area is 166 Å². The zero-order valence-corrected chi connectivity index (χ0v) is 19.0. The third-order valence-electron chi connectivity index (χ3n) is 6.50. The first-order chi connectivity index (χ1) is 12.7. The van der Waals surface area contributed by atoms with Gasteiger partial charge in [-0.3, -0.25) is 0 Å². The van der Waals surface area contributed by atoms with Crippen molar-refractivity contribution in [2.75, 3.05) is 13.2 Å². The quantitative estimate of drug-likeness (QED) is 0.361. The summed E-state index contributed by atoms with van der Waals surface area (Å²) < 4.78 is 18.6. The average molecular weight is 397 g/mol. The van der Waals surface area contributed by atoms with Crippen LogP contribution in [0.5, 0.6) is 0 Å². The largest absolute Gasteiger partial charge is 0.409 e. The minimum Gasteiger partial charge on any atom is -0.409 e. The van der Waals surface area contributed by atoms with E-state index in [-0.39, 0.29) is 17.6 Å². The minimum atomic E-state index is -1.65. The molecular formula is C22H40O4Si. The van der Waals surface area contributed by atoms with Crippen LogP contribution in [-0.2, 0) is 13.9 Å². The number of hydrogen-bond acceptors (Lipinski definition) is 4. The fourth-order valence-corrected chi connectivity index (χ4v) is 6.92. The summed E-state index contributed by atoms with van der Waals surface area (Å²) in [6.45, 7) is 12.8. The summed E-state index contributed by atoms with van der Waals surface area (Å²) >= 11 is 0. The first-order valence-corrected chi connectivity index (χ1v) is 14.4. The molecule has 1 spiro atoms. The summed E-state index contributed by atoms with van der Waals surface area (Å²) in [5, 5.41) is 10.7. The van der Waals surface area contributed by atoms with Crippen LogP contribution in [0.1, 0.15) is 58.8 Å². The Morgan fingerprint density at radius 1 is 1.22 bits per heavy atom. The summed E-state index contributed by atoms with van der Waals surface area (Å²) in [4.78, 5) is 0. The number of ether oxygens (including phenoxy) is 2. The molecule has 0 radical (unpaired) electrons. The molecule has 3 fully saturated rings. The molecule has 1 aliphatic heterocycles. The molecule has 1 heterocycles. The smallest absolute Gasteiger partial charge is 0.184 e. The molecule has 5 heteroatoms. The summed E-state index contributed by atoms with van der Waals surface area (Å²) in [5.41, 5.74) is -0.225. The predicted molar refractivity (Wildman–Crippen MR) is 111 cm³/mol. The molecule has 0 amide bonds. The van der Waals surface area contributed by atoms with E-state index >= 15 is 0 Å². The van der Waals surface area contributed by atoms with Crippen LogP contribution in [0, 0.1) is 17.8 Å². The van der Waals surface area contributed by atoms with Crippen LogP contribution >= 0.6 is 0 Å². The van der Waals surface area contributed by atoms with Gasteiger partial charge in [-0.15, -0.1) is 0 Å². The van der Waals surface area contributed by atoms with Crippen LogP contribution in [0.2, 0.25) is 19.6 Å². The van der Waals surface area contributed by atoms with Gasteiger partial charge in [0.25, 0.3) is 0 Å². The van der Waals surface area contributed by atoms with Crippen LogP contribution in [0.15, 0.2) is 12.2 Å². The maximum Gasteiger partial charge on any atom is 0.184 e. The third-order valence-corrected chi connectivity index (χ3v) is 7.58. The summed E-state index contributed by atoms with van der Waals surface area (Å²) in [5.74, 6) is 0.615. The second kappa shape index (κ2) is 8.27. The van der Waals surface area contributed by atoms with Crippen molar-refractivity contribution in [1.29, 1.82) is 0 Å².